The van der Waals surface area contributed by atoms with Crippen molar-refractivity contribution in [3.05, 3.63) is 65.0 Å². The first kappa shape index (κ1) is 19.0. The van der Waals surface area contributed by atoms with Crippen LogP contribution >= 0.6 is 0 Å². The molecule has 4 heteroatoms. The SMILES string of the molecule is COc1ccc(C(C)NC(=O)CCc2ccc(C(C)C)cc2)cc1F. The lowest BCUT2D eigenvalue weighted by Gasteiger charge is -2.15. The zero-order valence-electron chi connectivity index (χ0n) is 15.3. The third-order valence-electron chi connectivity index (χ3n) is 4.34. The van der Waals surface area contributed by atoms with Gasteiger partial charge in [-0.2, -0.15) is 0 Å². The topological polar surface area (TPSA) is 38.3 Å². The van der Waals surface area contributed by atoms with Gasteiger partial charge < -0.3 is 10.1 Å². The number of methoxy groups -OCH3 is 1. The molecule has 0 heterocycles. The summed E-state index contributed by atoms with van der Waals surface area (Å²) < 4.78 is 18.7. The minimum atomic E-state index is -0.425. The van der Waals surface area contributed by atoms with Crippen molar-refractivity contribution in [2.75, 3.05) is 7.11 Å². The van der Waals surface area contributed by atoms with Gasteiger partial charge in [-0.1, -0.05) is 44.2 Å². The predicted molar refractivity (Wildman–Crippen MR) is 98.4 cm³/mol. The number of nitrogens with one attached hydrogen (secondary N) is 1. The van der Waals surface area contributed by atoms with Crippen molar-refractivity contribution in [1.29, 1.82) is 0 Å². The first-order valence-corrected chi connectivity index (χ1v) is 8.62. The molecule has 2 aromatic carbocycles. The number of rotatable bonds is 7. The highest BCUT2D eigenvalue weighted by Crippen LogP contribution is 2.22. The predicted octanol–water partition coefficient (Wildman–Crippen LogP) is 4.77. The van der Waals surface area contributed by atoms with Crippen LogP contribution in [0.15, 0.2) is 42.5 Å². The standard InChI is InChI=1S/C21H26FNO2/c1-14(2)17-8-5-16(6-9-17)7-12-21(24)23-15(3)18-10-11-20(25-4)19(22)13-18/h5-6,8-11,13-15H,7,12H2,1-4H3,(H,23,24). The molecule has 3 nitrogen and oxygen atoms in total. The monoisotopic (exact) mass is 343 g/mol. The van der Waals surface area contributed by atoms with E-state index in [1.54, 1.807) is 12.1 Å². The summed E-state index contributed by atoms with van der Waals surface area (Å²) in [6.07, 6.45) is 1.10. The first-order valence-electron chi connectivity index (χ1n) is 8.62. The Bertz CT molecular complexity index is 710. The lowest BCUT2D eigenvalue weighted by atomic mass is 10.00. The molecule has 1 unspecified atom stereocenters. The Kier molecular flexibility index (Phi) is 6.57. The summed E-state index contributed by atoms with van der Waals surface area (Å²) in [4.78, 5) is 12.2. The molecule has 1 amide bonds. The average molecular weight is 343 g/mol. The van der Waals surface area contributed by atoms with E-state index in [0.29, 0.717) is 24.3 Å². The summed E-state index contributed by atoms with van der Waals surface area (Å²) in [6, 6.07) is 12.9. The molecule has 0 aliphatic rings. The number of halogens is 1. The van der Waals surface area contributed by atoms with Gasteiger partial charge in [-0.25, -0.2) is 4.39 Å². The molecule has 0 fully saturated rings. The molecule has 0 saturated carbocycles. The number of ether oxygens (including phenoxy) is 1. The number of carbonyl (C=O) groups excluding carboxylic acids is 1. The maximum Gasteiger partial charge on any atom is 0.220 e. The van der Waals surface area contributed by atoms with Gasteiger partial charge in [-0.05, 0) is 48.1 Å². The Labute approximate surface area is 149 Å². The number of aryl methyl sites for hydroxylation is 1. The molecule has 134 valence electrons. The summed E-state index contributed by atoms with van der Waals surface area (Å²) in [7, 11) is 1.43. The second-order valence-corrected chi connectivity index (χ2v) is 6.58. The van der Waals surface area contributed by atoms with Gasteiger partial charge in [0.2, 0.25) is 5.91 Å². The summed E-state index contributed by atoms with van der Waals surface area (Å²) in [5, 5.41) is 2.91. The van der Waals surface area contributed by atoms with Crippen molar-refractivity contribution in [3.63, 3.8) is 0 Å². The number of hydrogen-bond donors (Lipinski definition) is 1. The fourth-order valence-corrected chi connectivity index (χ4v) is 2.68. The molecule has 2 rings (SSSR count). The molecule has 0 aliphatic carbocycles. The summed E-state index contributed by atoms with van der Waals surface area (Å²) in [5.41, 5.74) is 3.15. The number of benzene rings is 2. The van der Waals surface area contributed by atoms with E-state index in [9.17, 15) is 9.18 Å². The zero-order valence-corrected chi connectivity index (χ0v) is 15.3. The Morgan fingerprint density at radius 2 is 1.72 bits per heavy atom. The van der Waals surface area contributed by atoms with Gasteiger partial charge in [0, 0.05) is 6.42 Å². The molecular formula is C21H26FNO2. The Morgan fingerprint density at radius 3 is 2.28 bits per heavy atom. The van der Waals surface area contributed by atoms with Crippen LogP contribution < -0.4 is 10.1 Å². The van der Waals surface area contributed by atoms with Crippen molar-refractivity contribution in [1.82, 2.24) is 5.32 Å². The highest BCUT2D eigenvalue weighted by atomic mass is 19.1. The molecule has 2 aromatic rings. The highest BCUT2D eigenvalue weighted by molar-refractivity contribution is 5.76. The molecule has 25 heavy (non-hydrogen) atoms. The van der Waals surface area contributed by atoms with E-state index < -0.39 is 5.82 Å². The average Bonchev–Trinajstić information content (AvgIpc) is 2.60. The molecular weight excluding hydrogens is 317 g/mol. The molecule has 0 saturated heterocycles. The van der Waals surface area contributed by atoms with Crippen molar-refractivity contribution < 1.29 is 13.9 Å². The lowest BCUT2D eigenvalue weighted by Crippen LogP contribution is -2.26. The Morgan fingerprint density at radius 1 is 1.08 bits per heavy atom. The van der Waals surface area contributed by atoms with Gasteiger partial charge in [0.25, 0.3) is 0 Å². The molecule has 1 atom stereocenters. The van der Waals surface area contributed by atoms with Crippen LogP contribution in [0, 0.1) is 5.82 Å². The summed E-state index contributed by atoms with van der Waals surface area (Å²) >= 11 is 0. The number of carbonyl (C=O) groups is 1. The van der Waals surface area contributed by atoms with E-state index in [2.05, 4.69) is 43.4 Å². The van der Waals surface area contributed by atoms with Crippen LogP contribution in [-0.4, -0.2) is 13.0 Å². The fraction of sp³-hybridized carbons (Fsp3) is 0.381. The third-order valence-corrected chi connectivity index (χ3v) is 4.34. The first-order chi connectivity index (χ1) is 11.9. The molecule has 0 spiro atoms. The largest absolute Gasteiger partial charge is 0.494 e. The second kappa shape index (κ2) is 8.65. The normalized spacial score (nSPS) is 12.1. The minimum absolute atomic E-state index is 0.0448. The number of amides is 1. The van der Waals surface area contributed by atoms with Crippen molar-refractivity contribution >= 4 is 5.91 Å². The van der Waals surface area contributed by atoms with Gasteiger partial charge in [-0.15, -0.1) is 0 Å². The van der Waals surface area contributed by atoms with E-state index in [1.165, 1.54) is 18.7 Å². The Hall–Kier alpha value is -2.36. The van der Waals surface area contributed by atoms with Gasteiger partial charge in [0.1, 0.15) is 0 Å². The summed E-state index contributed by atoms with van der Waals surface area (Å²) in [6.45, 7) is 6.16. The number of hydrogen-bond acceptors (Lipinski definition) is 2. The van der Waals surface area contributed by atoms with Crippen LogP contribution in [0.3, 0.4) is 0 Å². The molecule has 0 aliphatic heterocycles. The maximum atomic E-state index is 13.8. The van der Waals surface area contributed by atoms with Gasteiger partial charge in [-0.3, -0.25) is 4.79 Å². The highest BCUT2D eigenvalue weighted by Gasteiger charge is 2.12. The summed E-state index contributed by atoms with van der Waals surface area (Å²) in [5.74, 6) is 0.234. The van der Waals surface area contributed by atoms with Gasteiger partial charge >= 0.3 is 0 Å². The van der Waals surface area contributed by atoms with Crippen LogP contribution in [0.25, 0.3) is 0 Å². The molecule has 0 radical (unpaired) electrons. The van der Waals surface area contributed by atoms with Gasteiger partial charge in [0.05, 0.1) is 13.2 Å². The van der Waals surface area contributed by atoms with Crippen LogP contribution in [-0.2, 0) is 11.2 Å². The smallest absolute Gasteiger partial charge is 0.220 e. The zero-order chi connectivity index (χ0) is 18.4. The van der Waals surface area contributed by atoms with Crippen LogP contribution in [0.4, 0.5) is 4.39 Å². The van der Waals surface area contributed by atoms with E-state index in [1.807, 2.05) is 6.92 Å². The van der Waals surface area contributed by atoms with Crippen LogP contribution in [0.1, 0.15) is 55.8 Å². The molecule has 1 N–H and O–H groups in total. The third kappa shape index (κ3) is 5.31. The van der Waals surface area contributed by atoms with Crippen molar-refractivity contribution in [3.8, 4) is 5.75 Å². The minimum Gasteiger partial charge on any atom is -0.494 e. The van der Waals surface area contributed by atoms with E-state index in [4.69, 9.17) is 4.74 Å². The van der Waals surface area contributed by atoms with E-state index >= 15 is 0 Å². The van der Waals surface area contributed by atoms with E-state index in [0.717, 1.165) is 5.56 Å². The van der Waals surface area contributed by atoms with Crippen LogP contribution in [0.2, 0.25) is 0 Å². The Balaban J connectivity index is 1.88. The van der Waals surface area contributed by atoms with Crippen LogP contribution in [0.5, 0.6) is 5.75 Å². The second-order valence-electron chi connectivity index (χ2n) is 6.58. The molecule has 0 bridgehead atoms. The van der Waals surface area contributed by atoms with Crippen molar-refractivity contribution in [2.24, 2.45) is 0 Å². The van der Waals surface area contributed by atoms with Gasteiger partial charge in [0.15, 0.2) is 11.6 Å². The quantitative estimate of drug-likeness (QED) is 0.786. The van der Waals surface area contributed by atoms with Crippen molar-refractivity contribution in [2.45, 2.75) is 45.6 Å². The molecule has 0 aromatic heterocycles. The maximum absolute atomic E-state index is 13.8. The van der Waals surface area contributed by atoms with E-state index in [-0.39, 0.29) is 17.7 Å². The lowest BCUT2D eigenvalue weighted by molar-refractivity contribution is -0.121. The fourth-order valence-electron chi connectivity index (χ4n) is 2.68.